The summed E-state index contributed by atoms with van der Waals surface area (Å²) in [7, 11) is 0. The van der Waals surface area contributed by atoms with Crippen molar-refractivity contribution in [2.24, 2.45) is 0 Å². The van der Waals surface area contributed by atoms with Crippen LogP contribution in [0.3, 0.4) is 0 Å². The minimum atomic E-state index is -0.787. The van der Waals surface area contributed by atoms with Crippen LogP contribution in [0.5, 0.6) is 11.5 Å². The molecule has 4 rings (SSSR count). The monoisotopic (exact) mass is 441 g/mol. The third-order valence-corrected chi connectivity index (χ3v) is 4.88. The maximum atomic E-state index is 12.6. The number of aromatic nitrogens is 2. The molecule has 0 spiro atoms. The first-order valence-electron chi connectivity index (χ1n) is 8.57. The summed E-state index contributed by atoms with van der Waals surface area (Å²) in [5, 5.41) is 7.18. The SMILES string of the molecule is CC(C(=O)Nc1ccc(Br)cc1)n1nc(-c2ccc3c(c2)OCO3)ccc1=O. The van der Waals surface area contributed by atoms with Crippen molar-refractivity contribution in [1.82, 2.24) is 9.78 Å². The highest BCUT2D eigenvalue weighted by Gasteiger charge is 2.19. The Morgan fingerprint density at radius 3 is 2.64 bits per heavy atom. The predicted octanol–water partition coefficient (Wildman–Crippen LogP) is 3.60. The summed E-state index contributed by atoms with van der Waals surface area (Å²) in [5.41, 5.74) is 1.60. The van der Waals surface area contributed by atoms with E-state index in [0.717, 1.165) is 10.0 Å². The van der Waals surface area contributed by atoms with Crippen LogP contribution in [0.1, 0.15) is 13.0 Å². The van der Waals surface area contributed by atoms with Gasteiger partial charge in [-0.3, -0.25) is 9.59 Å². The topological polar surface area (TPSA) is 82.5 Å². The number of benzene rings is 2. The first-order chi connectivity index (χ1) is 13.5. The van der Waals surface area contributed by atoms with Crippen molar-refractivity contribution in [3.05, 3.63) is 69.4 Å². The lowest BCUT2D eigenvalue weighted by molar-refractivity contribution is -0.119. The molecule has 1 aromatic heterocycles. The number of carbonyl (C=O) groups excluding carboxylic acids is 1. The molecule has 0 fully saturated rings. The van der Waals surface area contributed by atoms with Crippen LogP contribution in [0.25, 0.3) is 11.3 Å². The number of fused-ring (bicyclic) bond motifs is 1. The molecule has 1 unspecified atom stereocenters. The molecule has 3 aromatic rings. The van der Waals surface area contributed by atoms with E-state index in [9.17, 15) is 9.59 Å². The Morgan fingerprint density at radius 2 is 1.86 bits per heavy atom. The Bertz CT molecular complexity index is 1100. The molecule has 0 saturated heterocycles. The van der Waals surface area contributed by atoms with Gasteiger partial charge < -0.3 is 14.8 Å². The van der Waals surface area contributed by atoms with E-state index >= 15 is 0 Å². The lowest BCUT2D eigenvalue weighted by Gasteiger charge is -2.15. The van der Waals surface area contributed by atoms with Crippen LogP contribution in [0, 0.1) is 0 Å². The Kier molecular flexibility index (Phi) is 4.87. The molecule has 0 saturated carbocycles. The number of nitrogens with zero attached hydrogens (tertiary/aromatic N) is 2. The number of carbonyl (C=O) groups is 1. The van der Waals surface area contributed by atoms with Crippen molar-refractivity contribution >= 4 is 27.5 Å². The molecule has 2 heterocycles. The summed E-state index contributed by atoms with van der Waals surface area (Å²) in [6.45, 7) is 1.81. The molecule has 28 heavy (non-hydrogen) atoms. The molecule has 1 N–H and O–H groups in total. The molecule has 2 aromatic carbocycles. The average Bonchev–Trinajstić information content (AvgIpc) is 3.17. The zero-order chi connectivity index (χ0) is 19.7. The molecule has 1 aliphatic heterocycles. The maximum Gasteiger partial charge on any atom is 0.267 e. The Balaban J connectivity index is 1.60. The van der Waals surface area contributed by atoms with Crippen LogP contribution in [0.4, 0.5) is 5.69 Å². The van der Waals surface area contributed by atoms with E-state index in [2.05, 4.69) is 26.3 Å². The van der Waals surface area contributed by atoms with Gasteiger partial charge >= 0.3 is 0 Å². The van der Waals surface area contributed by atoms with Crippen molar-refractivity contribution in [3.63, 3.8) is 0 Å². The minimum absolute atomic E-state index is 0.180. The average molecular weight is 442 g/mol. The van der Waals surface area contributed by atoms with E-state index < -0.39 is 6.04 Å². The molecular formula is C20H16BrN3O4. The fraction of sp³-hybridized carbons (Fsp3) is 0.150. The van der Waals surface area contributed by atoms with Gasteiger partial charge in [-0.2, -0.15) is 5.10 Å². The lowest BCUT2D eigenvalue weighted by Crippen LogP contribution is -2.33. The lowest BCUT2D eigenvalue weighted by atomic mass is 10.1. The summed E-state index contributed by atoms with van der Waals surface area (Å²) in [4.78, 5) is 24.9. The summed E-state index contributed by atoms with van der Waals surface area (Å²) in [6.07, 6.45) is 0. The van der Waals surface area contributed by atoms with E-state index in [0.29, 0.717) is 22.9 Å². The Hall–Kier alpha value is -3.13. The van der Waals surface area contributed by atoms with E-state index in [1.807, 2.05) is 18.2 Å². The van der Waals surface area contributed by atoms with Gasteiger partial charge in [-0.25, -0.2) is 4.68 Å². The van der Waals surface area contributed by atoms with E-state index in [1.165, 1.54) is 10.7 Å². The summed E-state index contributed by atoms with van der Waals surface area (Å²) >= 11 is 3.35. The molecule has 8 heteroatoms. The minimum Gasteiger partial charge on any atom is -0.454 e. The van der Waals surface area contributed by atoms with Crippen LogP contribution in [0.2, 0.25) is 0 Å². The van der Waals surface area contributed by atoms with Crippen LogP contribution in [0.15, 0.2) is 63.9 Å². The highest BCUT2D eigenvalue weighted by atomic mass is 79.9. The van der Waals surface area contributed by atoms with Crippen LogP contribution < -0.4 is 20.3 Å². The molecule has 142 valence electrons. The highest BCUT2D eigenvalue weighted by Crippen LogP contribution is 2.35. The maximum absolute atomic E-state index is 12.6. The van der Waals surface area contributed by atoms with Crippen molar-refractivity contribution in [3.8, 4) is 22.8 Å². The second kappa shape index (κ2) is 7.47. The van der Waals surface area contributed by atoms with Crippen molar-refractivity contribution < 1.29 is 14.3 Å². The number of hydrogen-bond donors (Lipinski definition) is 1. The highest BCUT2D eigenvalue weighted by molar-refractivity contribution is 9.10. The number of rotatable bonds is 4. The van der Waals surface area contributed by atoms with Gasteiger partial charge in [-0.05, 0) is 55.5 Å². The number of ether oxygens (including phenoxy) is 2. The molecule has 7 nitrogen and oxygen atoms in total. The van der Waals surface area contributed by atoms with Gasteiger partial charge in [0.2, 0.25) is 12.7 Å². The molecule has 1 aliphatic rings. The van der Waals surface area contributed by atoms with Crippen molar-refractivity contribution in [2.75, 3.05) is 12.1 Å². The van der Waals surface area contributed by atoms with Gasteiger partial charge in [-0.15, -0.1) is 0 Å². The number of nitrogens with one attached hydrogen (secondary N) is 1. The fourth-order valence-electron chi connectivity index (χ4n) is 2.80. The molecule has 0 bridgehead atoms. The molecule has 0 aliphatic carbocycles. The molecule has 1 amide bonds. The smallest absolute Gasteiger partial charge is 0.267 e. The third-order valence-electron chi connectivity index (χ3n) is 4.35. The zero-order valence-corrected chi connectivity index (χ0v) is 16.5. The third kappa shape index (κ3) is 3.63. The molecule has 0 radical (unpaired) electrons. The first-order valence-corrected chi connectivity index (χ1v) is 9.37. The van der Waals surface area contributed by atoms with Gasteiger partial charge in [0, 0.05) is 21.8 Å². The largest absolute Gasteiger partial charge is 0.454 e. The second-order valence-electron chi connectivity index (χ2n) is 6.24. The normalized spacial score (nSPS) is 13.2. The Labute approximate surface area is 169 Å². The fourth-order valence-corrected chi connectivity index (χ4v) is 3.07. The predicted molar refractivity (Wildman–Crippen MR) is 108 cm³/mol. The summed E-state index contributed by atoms with van der Waals surface area (Å²) in [5.74, 6) is 0.956. The van der Waals surface area contributed by atoms with Crippen molar-refractivity contribution in [1.29, 1.82) is 0 Å². The number of amides is 1. The van der Waals surface area contributed by atoms with Crippen LogP contribution in [-0.2, 0) is 4.79 Å². The van der Waals surface area contributed by atoms with E-state index in [1.54, 1.807) is 37.3 Å². The summed E-state index contributed by atoms with van der Waals surface area (Å²) < 4.78 is 12.8. The Morgan fingerprint density at radius 1 is 1.11 bits per heavy atom. The van der Waals surface area contributed by atoms with Crippen LogP contribution in [-0.4, -0.2) is 22.5 Å². The number of halogens is 1. The molecule has 1 atom stereocenters. The van der Waals surface area contributed by atoms with Gasteiger partial charge in [-0.1, -0.05) is 15.9 Å². The van der Waals surface area contributed by atoms with Crippen molar-refractivity contribution in [2.45, 2.75) is 13.0 Å². The second-order valence-corrected chi connectivity index (χ2v) is 7.16. The zero-order valence-electron chi connectivity index (χ0n) is 14.9. The van der Waals surface area contributed by atoms with Crippen LogP contribution >= 0.6 is 15.9 Å². The van der Waals surface area contributed by atoms with E-state index in [4.69, 9.17) is 9.47 Å². The van der Waals surface area contributed by atoms with Gasteiger partial charge in [0.25, 0.3) is 5.56 Å². The van der Waals surface area contributed by atoms with E-state index in [-0.39, 0.29) is 18.3 Å². The quantitative estimate of drug-likeness (QED) is 0.668. The number of anilines is 1. The number of hydrogen-bond acceptors (Lipinski definition) is 5. The standard InChI is InChI=1S/C20H16BrN3O4/c1-12(20(26)22-15-5-3-14(21)4-6-15)24-19(25)9-7-16(23-24)13-2-8-17-18(10-13)28-11-27-17/h2-10,12H,11H2,1H3,(H,22,26). The van der Waals surface area contributed by atoms with Gasteiger partial charge in [0.05, 0.1) is 5.69 Å². The summed E-state index contributed by atoms with van der Waals surface area (Å²) in [6, 6.07) is 14.8. The molecular weight excluding hydrogens is 426 g/mol. The first kappa shape index (κ1) is 18.2. The van der Waals surface area contributed by atoms with Gasteiger partial charge in [0.1, 0.15) is 6.04 Å². The van der Waals surface area contributed by atoms with Gasteiger partial charge in [0.15, 0.2) is 11.5 Å².